The number of esters is 1. The van der Waals surface area contributed by atoms with Gasteiger partial charge in [0, 0.05) is 34.9 Å². The van der Waals surface area contributed by atoms with E-state index in [4.69, 9.17) is 4.74 Å². The third kappa shape index (κ3) is 1.94. The highest BCUT2D eigenvalue weighted by molar-refractivity contribution is 6.23. The van der Waals surface area contributed by atoms with E-state index in [0.29, 0.717) is 27.8 Å². The van der Waals surface area contributed by atoms with Crippen LogP contribution in [0, 0.1) is 5.92 Å². The van der Waals surface area contributed by atoms with Crippen LogP contribution >= 0.6 is 0 Å². The van der Waals surface area contributed by atoms with Gasteiger partial charge < -0.3 is 4.74 Å². The lowest BCUT2D eigenvalue weighted by Crippen LogP contribution is -2.33. The van der Waals surface area contributed by atoms with E-state index in [9.17, 15) is 19.2 Å². The number of ether oxygens (including phenoxy) is 1. The van der Waals surface area contributed by atoms with Gasteiger partial charge in [-0.15, -0.1) is 0 Å². The van der Waals surface area contributed by atoms with E-state index in [2.05, 4.69) is 0 Å². The molecule has 134 valence electrons. The van der Waals surface area contributed by atoms with E-state index < -0.39 is 17.8 Å². The molecule has 3 aliphatic carbocycles. The Morgan fingerprint density at radius 3 is 2.30 bits per heavy atom. The average molecular weight is 360 g/mol. The van der Waals surface area contributed by atoms with Crippen molar-refractivity contribution in [1.82, 2.24) is 0 Å². The van der Waals surface area contributed by atoms with E-state index in [1.165, 1.54) is 0 Å². The van der Waals surface area contributed by atoms with Crippen LogP contribution in [-0.4, -0.2) is 29.9 Å². The van der Waals surface area contributed by atoms with Gasteiger partial charge in [-0.3, -0.25) is 14.4 Å². The number of rotatable bonds is 2. The van der Waals surface area contributed by atoms with Gasteiger partial charge in [0.15, 0.2) is 17.3 Å². The minimum Gasteiger partial charge on any atom is -0.462 e. The standard InChI is InChI=1S/C22H16O5/c1-2-27-22(26)13-8-4-7-12-17(13)18-14-9-15(23)10-5-3-6-11(16(10)14)20(24)19(18)21(12)25/h3-8,14,18-19H,2,9H2,1H3/t14-,18+,19-/m1/s1. The fourth-order valence-electron chi connectivity index (χ4n) is 5.05. The predicted octanol–water partition coefficient (Wildman–Crippen LogP) is 3.33. The van der Waals surface area contributed by atoms with Crippen molar-refractivity contribution in [2.45, 2.75) is 25.2 Å². The number of hydrogen-bond donors (Lipinski definition) is 0. The molecular weight excluding hydrogens is 344 g/mol. The highest BCUT2D eigenvalue weighted by atomic mass is 16.5. The highest BCUT2D eigenvalue weighted by Crippen LogP contribution is 2.57. The van der Waals surface area contributed by atoms with Gasteiger partial charge in [0.25, 0.3) is 0 Å². The summed E-state index contributed by atoms with van der Waals surface area (Å²) in [7, 11) is 0. The number of carbonyl (C=O) groups is 4. The largest absolute Gasteiger partial charge is 0.462 e. The third-order valence-corrected chi connectivity index (χ3v) is 6.01. The van der Waals surface area contributed by atoms with Crippen LogP contribution in [-0.2, 0) is 4.74 Å². The molecule has 5 nitrogen and oxygen atoms in total. The first-order chi connectivity index (χ1) is 13.0. The Bertz CT molecular complexity index is 1060. The molecule has 0 radical (unpaired) electrons. The molecule has 0 fully saturated rings. The summed E-state index contributed by atoms with van der Waals surface area (Å²) in [6, 6.07) is 10.1. The smallest absolute Gasteiger partial charge is 0.338 e. The Labute approximate surface area is 155 Å². The Morgan fingerprint density at radius 2 is 1.59 bits per heavy atom. The van der Waals surface area contributed by atoms with Crippen LogP contribution in [0.3, 0.4) is 0 Å². The molecule has 3 aliphatic rings. The maximum atomic E-state index is 13.2. The second-order valence-electron chi connectivity index (χ2n) is 7.22. The van der Waals surface area contributed by atoms with Gasteiger partial charge in [-0.25, -0.2) is 4.79 Å². The van der Waals surface area contributed by atoms with E-state index in [1.54, 1.807) is 43.3 Å². The summed E-state index contributed by atoms with van der Waals surface area (Å²) in [6.45, 7) is 1.94. The fraction of sp³-hybridized carbons (Fsp3) is 0.273. The normalized spacial score (nSPS) is 24.5. The monoisotopic (exact) mass is 360 g/mol. The van der Waals surface area contributed by atoms with E-state index in [1.807, 2.05) is 0 Å². The van der Waals surface area contributed by atoms with Crippen molar-refractivity contribution in [3.05, 3.63) is 69.8 Å². The van der Waals surface area contributed by atoms with Crippen LogP contribution in [0.2, 0.25) is 0 Å². The van der Waals surface area contributed by atoms with Gasteiger partial charge in [-0.2, -0.15) is 0 Å². The zero-order valence-corrected chi connectivity index (χ0v) is 14.7. The van der Waals surface area contributed by atoms with Crippen molar-refractivity contribution in [3.8, 4) is 0 Å². The summed E-state index contributed by atoms with van der Waals surface area (Å²) in [5.74, 6) is -2.64. The molecule has 0 saturated heterocycles. The summed E-state index contributed by atoms with van der Waals surface area (Å²) < 4.78 is 5.17. The SMILES string of the molecule is CCOC(=O)c1cccc2c1[C@H]1[C@@H](C2=O)C(=O)c2cccc3c2[C@H]1CC3=O. The zero-order chi connectivity index (χ0) is 18.9. The lowest BCUT2D eigenvalue weighted by Gasteiger charge is -2.32. The number of carbonyl (C=O) groups excluding carboxylic acids is 4. The topological polar surface area (TPSA) is 77.5 Å². The summed E-state index contributed by atoms with van der Waals surface area (Å²) in [5.41, 5.74) is 3.08. The molecule has 5 rings (SSSR count). The molecule has 0 saturated carbocycles. The minimum atomic E-state index is -0.866. The number of benzene rings is 2. The van der Waals surface area contributed by atoms with Crippen molar-refractivity contribution < 1.29 is 23.9 Å². The van der Waals surface area contributed by atoms with Crippen molar-refractivity contribution in [2.24, 2.45) is 5.92 Å². The Morgan fingerprint density at radius 1 is 0.963 bits per heavy atom. The van der Waals surface area contributed by atoms with Crippen molar-refractivity contribution in [1.29, 1.82) is 0 Å². The molecule has 27 heavy (non-hydrogen) atoms. The van der Waals surface area contributed by atoms with Gasteiger partial charge in [0.2, 0.25) is 0 Å². The molecule has 0 amide bonds. The van der Waals surface area contributed by atoms with Crippen LogP contribution in [0.4, 0.5) is 0 Å². The minimum absolute atomic E-state index is 0.0141. The van der Waals surface area contributed by atoms with Crippen LogP contribution in [0.5, 0.6) is 0 Å². The molecule has 3 atom stereocenters. The molecule has 0 N–H and O–H groups in total. The van der Waals surface area contributed by atoms with E-state index >= 15 is 0 Å². The molecule has 2 aromatic rings. The zero-order valence-electron chi connectivity index (χ0n) is 14.7. The van der Waals surface area contributed by atoms with Gasteiger partial charge in [-0.1, -0.05) is 30.3 Å². The van der Waals surface area contributed by atoms with Crippen molar-refractivity contribution in [3.63, 3.8) is 0 Å². The molecule has 2 aromatic carbocycles. The highest BCUT2D eigenvalue weighted by Gasteiger charge is 2.56. The second-order valence-corrected chi connectivity index (χ2v) is 7.22. The number of fused-ring (bicyclic) bond motifs is 4. The van der Waals surface area contributed by atoms with Gasteiger partial charge in [0.05, 0.1) is 18.1 Å². The Kier molecular flexibility index (Phi) is 3.26. The van der Waals surface area contributed by atoms with E-state index in [-0.39, 0.29) is 36.3 Å². The van der Waals surface area contributed by atoms with Crippen LogP contribution in [0.25, 0.3) is 0 Å². The quantitative estimate of drug-likeness (QED) is 0.606. The van der Waals surface area contributed by atoms with Crippen molar-refractivity contribution >= 4 is 23.3 Å². The first kappa shape index (κ1) is 16.1. The second kappa shape index (κ2) is 5.46. The first-order valence-electron chi connectivity index (χ1n) is 9.09. The average Bonchev–Trinajstić information content (AvgIpc) is 3.16. The van der Waals surface area contributed by atoms with Crippen LogP contribution in [0.1, 0.15) is 77.7 Å². The molecular formula is C22H16O5. The molecule has 0 heterocycles. The molecule has 0 unspecified atom stereocenters. The Hall–Kier alpha value is -3.08. The lowest BCUT2D eigenvalue weighted by atomic mass is 9.68. The van der Waals surface area contributed by atoms with Gasteiger partial charge in [0.1, 0.15) is 0 Å². The van der Waals surface area contributed by atoms with Crippen LogP contribution in [0.15, 0.2) is 36.4 Å². The maximum Gasteiger partial charge on any atom is 0.338 e. The molecule has 0 aromatic heterocycles. The summed E-state index contributed by atoms with van der Waals surface area (Å²) in [4.78, 5) is 51.3. The third-order valence-electron chi connectivity index (χ3n) is 6.01. The predicted molar refractivity (Wildman–Crippen MR) is 95.4 cm³/mol. The fourth-order valence-corrected chi connectivity index (χ4v) is 5.05. The van der Waals surface area contributed by atoms with E-state index in [0.717, 1.165) is 5.56 Å². The first-order valence-corrected chi connectivity index (χ1v) is 9.09. The van der Waals surface area contributed by atoms with Gasteiger partial charge in [-0.05, 0) is 24.1 Å². The summed E-state index contributed by atoms with van der Waals surface area (Å²) >= 11 is 0. The number of hydrogen-bond acceptors (Lipinski definition) is 5. The summed E-state index contributed by atoms with van der Waals surface area (Å²) in [6.07, 6.45) is 0.255. The number of Topliss-reactive ketones (excluding diaryl/α,β-unsaturated/α-hetero) is 3. The molecule has 5 heteroatoms. The lowest BCUT2D eigenvalue weighted by molar-refractivity contribution is 0.0522. The molecule has 0 bridgehead atoms. The number of ketones is 3. The molecule has 0 aliphatic heterocycles. The van der Waals surface area contributed by atoms with Crippen LogP contribution < -0.4 is 0 Å². The van der Waals surface area contributed by atoms with Gasteiger partial charge >= 0.3 is 5.97 Å². The summed E-state index contributed by atoms with van der Waals surface area (Å²) in [5, 5.41) is 0. The Balaban J connectivity index is 1.77. The maximum absolute atomic E-state index is 13.2. The molecule has 0 spiro atoms. The van der Waals surface area contributed by atoms with Crippen molar-refractivity contribution in [2.75, 3.05) is 6.61 Å².